The number of aliphatic hydroxyl groups is 1. The fourth-order valence-corrected chi connectivity index (χ4v) is 2.10. The van der Waals surface area contributed by atoms with Crippen LogP contribution < -0.4 is 5.32 Å². The van der Waals surface area contributed by atoms with Crippen LogP contribution in [0.15, 0.2) is 5.38 Å². The molecule has 0 radical (unpaired) electrons. The highest BCUT2D eigenvalue weighted by Gasteiger charge is 2.23. The van der Waals surface area contributed by atoms with E-state index in [0.717, 1.165) is 0 Å². The Morgan fingerprint density at radius 1 is 1.50 bits per heavy atom. The lowest BCUT2D eigenvalue weighted by Crippen LogP contribution is -2.23. The number of carbonyl (C=O) groups excluding carboxylic acids is 1. The van der Waals surface area contributed by atoms with Crippen LogP contribution >= 0.6 is 11.3 Å². The van der Waals surface area contributed by atoms with Crippen molar-refractivity contribution in [2.75, 3.05) is 5.32 Å². The third kappa shape index (κ3) is 4.38. The van der Waals surface area contributed by atoms with E-state index in [4.69, 9.17) is 0 Å². The number of nitrogens with zero attached hydrogens (tertiary/aromatic N) is 1. The van der Waals surface area contributed by atoms with Crippen molar-refractivity contribution < 1.29 is 9.90 Å². The van der Waals surface area contributed by atoms with Crippen molar-refractivity contribution in [2.24, 2.45) is 11.3 Å². The molecule has 1 amide bonds. The number of amides is 1. The van der Waals surface area contributed by atoms with E-state index in [0.29, 0.717) is 23.2 Å². The Labute approximate surface area is 112 Å². The minimum absolute atomic E-state index is 0.0242. The van der Waals surface area contributed by atoms with Crippen molar-refractivity contribution in [2.45, 2.75) is 47.1 Å². The SMILES string of the molecule is CC(O)c1csc(NC(=O)CC(C)C(C)(C)C)n1. The van der Waals surface area contributed by atoms with Gasteiger partial charge in [-0.05, 0) is 18.3 Å². The lowest BCUT2D eigenvalue weighted by Gasteiger charge is -2.26. The molecule has 0 aromatic carbocycles. The van der Waals surface area contributed by atoms with Gasteiger partial charge in [0.25, 0.3) is 0 Å². The maximum Gasteiger partial charge on any atom is 0.226 e. The highest BCUT2D eigenvalue weighted by Crippen LogP contribution is 2.28. The van der Waals surface area contributed by atoms with Gasteiger partial charge in [-0.1, -0.05) is 27.7 Å². The summed E-state index contributed by atoms with van der Waals surface area (Å²) in [6.45, 7) is 10.1. The number of anilines is 1. The second-order valence-corrected chi connectivity index (χ2v) is 6.63. The Morgan fingerprint density at radius 3 is 2.56 bits per heavy atom. The first-order valence-corrected chi connectivity index (χ1v) is 7.01. The van der Waals surface area contributed by atoms with Crippen molar-refractivity contribution >= 4 is 22.4 Å². The molecule has 0 fully saturated rings. The van der Waals surface area contributed by atoms with E-state index in [9.17, 15) is 9.90 Å². The molecule has 18 heavy (non-hydrogen) atoms. The fraction of sp³-hybridized carbons (Fsp3) is 0.692. The van der Waals surface area contributed by atoms with E-state index < -0.39 is 6.10 Å². The lowest BCUT2D eigenvalue weighted by molar-refractivity contribution is -0.117. The molecule has 1 aromatic heterocycles. The third-order valence-electron chi connectivity index (χ3n) is 3.17. The van der Waals surface area contributed by atoms with E-state index in [1.165, 1.54) is 11.3 Å². The molecule has 0 aliphatic heterocycles. The normalized spacial score (nSPS) is 15.2. The molecule has 1 aromatic rings. The highest BCUT2D eigenvalue weighted by atomic mass is 32.1. The Kier molecular flexibility index (Phi) is 4.87. The summed E-state index contributed by atoms with van der Waals surface area (Å²) in [6.07, 6.45) is -0.118. The molecular formula is C13H22N2O2S. The van der Waals surface area contributed by atoms with Gasteiger partial charge in [-0.25, -0.2) is 4.98 Å². The summed E-state index contributed by atoms with van der Waals surface area (Å²) in [7, 11) is 0. The number of aliphatic hydroxyl groups excluding tert-OH is 1. The monoisotopic (exact) mass is 270 g/mol. The second kappa shape index (κ2) is 5.80. The summed E-state index contributed by atoms with van der Waals surface area (Å²) in [4.78, 5) is 16.0. The van der Waals surface area contributed by atoms with Crippen LogP contribution in [0, 0.1) is 11.3 Å². The van der Waals surface area contributed by atoms with Gasteiger partial charge in [0.05, 0.1) is 11.8 Å². The predicted molar refractivity (Wildman–Crippen MR) is 74.6 cm³/mol. The van der Waals surface area contributed by atoms with Crippen LogP contribution in [-0.2, 0) is 4.79 Å². The molecule has 2 N–H and O–H groups in total. The first-order valence-electron chi connectivity index (χ1n) is 6.13. The zero-order chi connectivity index (χ0) is 13.9. The zero-order valence-corrected chi connectivity index (χ0v) is 12.5. The highest BCUT2D eigenvalue weighted by molar-refractivity contribution is 7.13. The van der Waals surface area contributed by atoms with E-state index in [1.54, 1.807) is 12.3 Å². The first-order chi connectivity index (χ1) is 8.20. The predicted octanol–water partition coefficient (Wildman–Crippen LogP) is 3.21. The number of hydrogen-bond donors (Lipinski definition) is 2. The standard InChI is InChI=1S/C13H22N2O2S/c1-8(13(3,4)5)6-11(17)15-12-14-10(7-18-12)9(2)16/h7-9,16H,6H2,1-5H3,(H,14,15,17). The molecule has 0 saturated heterocycles. The largest absolute Gasteiger partial charge is 0.387 e. The van der Waals surface area contributed by atoms with Gasteiger partial charge >= 0.3 is 0 Å². The summed E-state index contributed by atoms with van der Waals surface area (Å²) in [5.74, 6) is 0.276. The summed E-state index contributed by atoms with van der Waals surface area (Å²) in [6, 6.07) is 0. The Bertz CT molecular complexity index is 407. The van der Waals surface area contributed by atoms with Gasteiger partial charge in [0.2, 0.25) is 5.91 Å². The lowest BCUT2D eigenvalue weighted by atomic mass is 9.80. The molecule has 0 bridgehead atoms. The summed E-state index contributed by atoms with van der Waals surface area (Å²) in [5.41, 5.74) is 0.713. The van der Waals surface area contributed by atoms with Crippen molar-refractivity contribution in [1.82, 2.24) is 4.98 Å². The van der Waals surface area contributed by atoms with Crippen LogP contribution in [0.1, 0.15) is 52.8 Å². The number of carbonyl (C=O) groups is 1. The van der Waals surface area contributed by atoms with Crippen molar-refractivity contribution in [3.63, 3.8) is 0 Å². The van der Waals surface area contributed by atoms with E-state index in [-0.39, 0.29) is 11.3 Å². The number of aromatic nitrogens is 1. The number of rotatable bonds is 4. The van der Waals surface area contributed by atoms with Crippen molar-refractivity contribution in [3.05, 3.63) is 11.1 Å². The van der Waals surface area contributed by atoms with Crippen molar-refractivity contribution in [3.8, 4) is 0 Å². The van der Waals surface area contributed by atoms with Gasteiger partial charge in [0, 0.05) is 11.8 Å². The van der Waals surface area contributed by atoms with E-state index in [1.807, 2.05) is 0 Å². The fourth-order valence-electron chi connectivity index (χ4n) is 1.29. The summed E-state index contributed by atoms with van der Waals surface area (Å²) < 4.78 is 0. The quantitative estimate of drug-likeness (QED) is 0.883. The minimum Gasteiger partial charge on any atom is -0.387 e. The molecule has 102 valence electrons. The van der Waals surface area contributed by atoms with Crippen LogP contribution in [0.25, 0.3) is 0 Å². The number of thiazole rings is 1. The molecule has 1 rings (SSSR count). The molecule has 5 heteroatoms. The average Bonchev–Trinajstić information content (AvgIpc) is 2.64. The van der Waals surface area contributed by atoms with Crippen LogP contribution in [0.4, 0.5) is 5.13 Å². The van der Waals surface area contributed by atoms with E-state index >= 15 is 0 Å². The van der Waals surface area contributed by atoms with Gasteiger partial charge in [0.1, 0.15) is 0 Å². The Balaban J connectivity index is 2.54. The Morgan fingerprint density at radius 2 is 2.11 bits per heavy atom. The molecule has 0 aliphatic carbocycles. The van der Waals surface area contributed by atoms with E-state index in [2.05, 4.69) is 38.0 Å². The zero-order valence-electron chi connectivity index (χ0n) is 11.7. The molecule has 1 heterocycles. The Hall–Kier alpha value is -0.940. The van der Waals surface area contributed by atoms with Crippen LogP contribution in [0.3, 0.4) is 0 Å². The maximum atomic E-state index is 11.8. The molecule has 0 saturated carbocycles. The second-order valence-electron chi connectivity index (χ2n) is 5.77. The molecular weight excluding hydrogens is 248 g/mol. The van der Waals surface area contributed by atoms with Gasteiger partial charge in [-0.3, -0.25) is 4.79 Å². The minimum atomic E-state index is -0.597. The molecule has 2 unspecified atom stereocenters. The van der Waals surface area contributed by atoms with Crippen LogP contribution in [-0.4, -0.2) is 16.0 Å². The van der Waals surface area contributed by atoms with Gasteiger partial charge in [-0.15, -0.1) is 11.3 Å². The summed E-state index contributed by atoms with van der Waals surface area (Å²) in [5, 5.41) is 14.4. The summed E-state index contributed by atoms with van der Waals surface area (Å²) >= 11 is 1.34. The maximum absolute atomic E-state index is 11.8. The average molecular weight is 270 g/mol. The molecule has 2 atom stereocenters. The smallest absolute Gasteiger partial charge is 0.226 e. The first kappa shape index (κ1) is 15.1. The topological polar surface area (TPSA) is 62.2 Å². The van der Waals surface area contributed by atoms with Gasteiger partial charge < -0.3 is 10.4 Å². The molecule has 4 nitrogen and oxygen atoms in total. The molecule has 0 aliphatic rings. The van der Waals surface area contributed by atoms with Crippen LogP contribution in [0.2, 0.25) is 0 Å². The number of nitrogens with one attached hydrogen (secondary N) is 1. The number of hydrogen-bond acceptors (Lipinski definition) is 4. The van der Waals surface area contributed by atoms with Gasteiger partial charge in [0.15, 0.2) is 5.13 Å². The molecule has 0 spiro atoms. The van der Waals surface area contributed by atoms with Crippen molar-refractivity contribution in [1.29, 1.82) is 0 Å². The van der Waals surface area contributed by atoms with Crippen LogP contribution in [0.5, 0.6) is 0 Å². The third-order valence-corrected chi connectivity index (χ3v) is 3.94. The van der Waals surface area contributed by atoms with Gasteiger partial charge in [-0.2, -0.15) is 0 Å².